The molecule has 0 fully saturated rings. The summed E-state index contributed by atoms with van der Waals surface area (Å²) < 4.78 is 0.979. The van der Waals surface area contributed by atoms with E-state index in [2.05, 4.69) is 41.9 Å². The van der Waals surface area contributed by atoms with E-state index in [0.717, 1.165) is 20.5 Å². The van der Waals surface area contributed by atoms with Gasteiger partial charge in [-0.3, -0.25) is 0 Å². The Morgan fingerprint density at radius 1 is 1.12 bits per heavy atom. The van der Waals surface area contributed by atoms with Crippen LogP contribution in [0.15, 0.2) is 28.1 Å². The molecule has 0 spiro atoms. The van der Waals surface area contributed by atoms with Gasteiger partial charge >= 0.3 is 0 Å². The first kappa shape index (κ1) is 12.8. The van der Waals surface area contributed by atoms with Gasteiger partial charge in [0.25, 0.3) is 0 Å². The van der Waals surface area contributed by atoms with E-state index in [-0.39, 0.29) is 0 Å². The highest BCUT2D eigenvalue weighted by atomic mass is 79.9. The second-order valence-corrected chi connectivity index (χ2v) is 6.13. The van der Waals surface area contributed by atoms with Crippen LogP contribution in [0.2, 0.25) is 0 Å². The maximum absolute atomic E-state index is 10.4. The number of aliphatic hydroxyl groups is 1. The van der Waals surface area contributed by atoms with Crippen LogP contribution in [0.1, 0.15) is 33.2 Å². The van der Waals surface area contributed by atoms with Gasteiger partial charge in [-0.25, -0.2) is 0 Å². The summed E-state index contributed by atoms with van der Waals surface area (Å²) in [5.74, 6) is 0. The Morgan fingerprint density at radius 3 is 2.35 bits per heavy atom. The van der Waals surface area contributed by atoms with Gasteiger partial charge in [0.05, 0.1) is 4.88 Å². The van der Waals surface area contributed by atoms with Gasteiger partial charge < -0.3 is 5.11 Å². The van der Waals surface area contributed by atoms with Crippen molar-refractivity contribution in [2.45, 2.75) is 26.9 Å². The van der Waals surface area contributed by atoms with Crippen molar-refractivity contribution in [3.8, 4) is 0 Å². The molecule has 17 heavy (non-hydrogen) atoms. The Kier molecular flexibility index (Phi) is 3.71. The fourth-order valence-electron chi connectivity index (χ4n) is 1.92. The van der Waals surface area contributed by atoms with Gasteiger partial charge in [-0.05, 0) is 70.4 Å². The zero-order valence-electron chi connectivity index (χ0n) is 10.1. The number of rotatable bonds is 2. The molecule has 1 heterocycles. The largest absolute Gasteiger partial charge is 0.383 e. The fourth-order valence-corrected chi connectivity index (χ4v) is 3.51. The molecular weight excluding hydrogens is 296 g/mol. The van der Waals surface area contributed by atoms with Crippen LogP contribution in [0.5, 0.6) is 0 Å². The van der Waals surface area contributed by atoms with Crippen LogP contribution in [-0.2, 0) is 0 Å². The van der Waals surface area contributed by atoms with Gasteiger partial charge in [0.1, 0.15) is 6.10 Å². The lowest BCUT2D eigenvalue weighted by atomic mass is 9.96. The summed E-state index contributed by atoms with van der Waals surface area (Å²) in [7, 11) is 0. The summed E-state index contributed by atoms with van der Waals surface area (Å²) in [4.78, 5) is 0.969. The molecule has 0 amide bonds. The minimum absolute atomic E-state index is 0.538. The van der Waals surface area contributed by atoms with Gasteiger partial charge in [0.15, 0.2) is 0 Å². The smallest absolute Gasteiger partial charge is 0.115 e. The lowest BCUT2D eigenvalue weighted by Crippen LogP contribution is -2.02. The van der Waals surface area contributed by atoms with Crippen molar-refractivity contribution >= 4 is 27.3 Å². The number of benzene rings is 1. The number of hydrogen-bond acceptors (Lipinski definition) is 2. The summed E-state index contributed by atoms with van der Waals surface area (Å²) in [6, 6.07) is 6.19. The summed E-state index contributed by atoms with van der Waals surface area (Å²) >= 11 is 5.05. The van der Waals surface area contributed by atoms with Crippen molar-refractivity contribution in [3.63, 3.8) is 0 Å². The highest BCUT2D eigenvalue weighted by Gasteiger charge is 2.17. The fraction of sp³-hybridized carbons (Fsp3) is 0.286. The normalized spacial score (nSPS) is 12.8. The molecule has 0 aliphatic heterocycles. The van der Waals surface area contributed by atoms with Crippen molar-refractivity contribution in [2.24, 2.45) is 0 Å². The van der Waals surface area contributed by atoms with E-state index >= 15 is 0 Å². The number of aryl methyl sites for hydroxylation is 3. The lowest BCUT2D eigenvalue weighted by Gasteiger charge is -2.15. The van der Waals surface area contributed by atoms with Gasteiger partial charge in [-0.15, -0.1) is 11.3 Å². The summed E-state index contributed by atoms with van der Waals surface area (Å²) in [6.45, 7) is 6.22. The number of hydrogen-bond donors (Lipinski definition) is 1. The molecule has 2 aromatic rings. The Labute approximate surface area is 114 Å². The van der Waals surface area contributed by atoms with E-state index in [1.807, 2.05) is 18.4 Å². The number of thiophene rings is 1. The first-order valence-electron chi connectivity index (χ1n) is 5.49. The molecule has 0 radical (unpaired) electrons. The predicted molar refractivity (Wildman–Crippen MR) is 76.7 cm³/mol. The van der Waals surface area contributed by atoms with Gasteiger partial charge in [0, 0.05) is 4.47 Å². The Hall–Kier alpha value is -0.640. The Balaban J connectivity index is 2.48. The van der Waals surface area contributed by atoms with Crippen LogP contribution in [0.3, 0.4) is 0 Å². The topological polar surface area (TPSA) is 20.2 Å². The Morgan fingerprint density at radius 2 is 1.76 bits per heavy atom. The molecule has 0 saturated heterocycles. The highest BCUT2D eigenvalue weighted by molar-refractivity contribution is 9.10. The number of halogens is 1. The van der Waals surface area contributed by atoms with Crippen molar-refractivity contribution in [2.75, 3.05) is 0 Å². The molecule has 0 aliphatic rings. The molecule has 2 rings (SSSR count). The third-order valence-electron chi connectivity index (χ3n) is 3.07. The minimum Gasteiger partial charge on any atom is -0.383 e. The van der Waals surface area contributed by atoms with E-state index < -0.39 is 6.10 Å². The molecule has 90 valence electrons. The summed E-state index contributed by atoms with van der Waals surface area (Å²) in [5, 5.41) is 12.4. The quantitative estimate of drug-likeness (QED) is 0.864. The zero-order valence-corrected chi connectivity index (χ0v) is 12.5. The summed E-state index contributed by atoms with van der Waals surface area (Å²) in [5.41, 5.74) is 4.62. The van der Waals surface area contributed by atoms with Crippen LogP contribution in [0.4, 0.5) is 0 Å². The van der Waals surface area contributed by atoms with Crippen LogP contribution < -0.4 is 0 Å². The summed E-state index contributed by atoms with van der Waals surface area (Å²) in [6.07, 6.45) is -0.538. The Bertz CT molecular complexity index is 545. The molecule has 1 atom stereocenters. The van der Waals surface area contributed by atoms with Gasteiger partial charge in [-0.1, -0.05) is 12.1 Å². The molecule has 1 unspecified atom stereocenters. The van der Waals surface area contributed by atoms with Crippen molar-refractivity contribution in [1.29, 1.82) is 0 Å². The first-order valence-corrected chi connectivity index (χ1v) is 7.16. The van der Waals surface area contributed by atoms with E-state index in [1.54, 1.807) is 11.3 Å². The number of aliphatic hydroxyl groups excluding tert-OH is 1. The van der Waals surface area contributed by atoms with Gasteiger partial charge in [-0.2, -0.15) is 0 Å². The van der Waals surface area contributed by atoms with Crippen LogP contribution in [-0.4, -0.2) is 5.11 Å². The first-order chi connectivity index (χ1) is 8.00. The van der Waals surface area contributed by atoms with Crippen LogP contribution >= 0.6 is 27.3 Å². The molecule has 0 saturated carbocycles. The molecular formula is C14H15BrOS. The van der Waals surface area contributed by atoms with E-state index in [0.29, 0.717) is 0 Å². The second kappa shape index (κ2) is 4.92. The molecule has 0 bridgehead atoms. The molecule has 1 N–H and O–H groups in total. The lowest BCUT2D eigenvalue weighted by molar-refractivity contribution is 0.222. The highest BCUT2D eigenvalue weighted by Crippen LogP contribution is 2.35. The van der Waals surface area contributed by atoms with Crippen molar-refractivity contribution < 1.29 is 5.11 Å². The van der Waals surface area contributed by atoms with Crippen molar-refractivity contribution in [3.05, 3.63) is 55.2 Å². The van der Waals surface area contributed by atoms with E-state index in [4.69, 9.17) is 0 Å². The van der Waals surface area contributed by atoms with Crippen LogP contribution in [0, 0.1) is 20.8 Å². The predicted octanol–water partition coefficient (Wildman–Crippen LogP) is 4.52. The van der Waals surface area contributed by atoms with Gasteiger partial charge in [0.2, 0.25) is 0 Å². The van der Waals surface area contributed by atoms with E-state index in [1.165, 1.54) is 11.1 Å². The zero-order chi connectivity index (χ0) is 12.6. The second-order valence-electron chi connectivity index (χ2n) is 4.33. The molecule has 3 heteroatoms. The maximum atomic E-state index is 10.4. The standard InChI is InChI=1S/C14H15BrOS/c1-8-6-10(3)11(7-9(8)2)13(16)14-12(15)4-5-17-14/h4-7,13,16H,1-3H3. The molecule has 1 aromatic carbocycles. The average molecular weight is 311 g/mol. The third kappa shape index (κ3) is 2.46. The monoisotopic (exact) mass is 310 g/mol. The average Bonchev–Trinajstić information content (AvgIpc) is 2.69. The van der Waals surface area contributed by atoms with Crippen molar-refractivity contribution in [1.82, 2.24) is 0 Å². The SMILES string of the molecule is Cc1cc(C)c(C(O)c2sccc2Br)cc1C. The minimum atomic E-state index is -0.538. The molecule has 1 aromatic heterocycles. The maximum Gasteiger partial charge on any atom is 0.115 e. The third-order valence-corrected chi connectivity index (χ3v) is 4.99. The molecule has 1 nitrogen and oxygen atoms in total. The van der Waals surface area contributed by atoms with E-state index in [9.17, 15) is 5.11 Å². The van der Waals surface area contributed by atoms with Crippen LogP contribution in [0.25, 0.3) is 0 Å². The molecule has 0 aliphatic carbocycles.